The molecule has 3 nitrogen and oxygen atoms in total. The zero-order valence-electron chi connectivity index (χ0n) is 11.6. The number of carbonyl (C=O) groups is 1. The van der Waals surface area contributed by atoms with Crippen molar-refractivity contribution in [1.29, 1.82) is 0 Å². The average molecular weight is 413 g/mol. The van der Waals surface area contributed by atoms with Crippen LogP contribution in [0.5, 0.6) is 5.75 Å². The fourth-order valence-electron chi connectivity index (χ4n) is 1.82. The van der Waals surface area contributed by atoms with Crippen LogP contribution in [0.25, 0.3) is 0 Å². The molecule has 2 rings (SSSR count). The second-order valence-corrected chi connectivity index (χ2v) is 6.38. The minimum Gasteiger partial charge on any atom is -0.492 e. The van der Waals surface area contributed by atoms with Gasteiger partial charge in [-0.05, 0) is 30.3 Å². The molecule has 0 aliphatic heterocycles. The van der Waals surface area contributed by atoms with Crippen LogP contribution in [0, 0.1) is 0 Å². The van der Waals surface area contributed by atoms with E-state index in [9.17, 15) is 4.79 Å². The molecule has 2 aromatic carbocycles. The molecule has 0 N–H and O–H groups in total. The summed E-state index contributed by atoms with van der Waals surface area (Å²) >= 11 is 6.78. The van der Waals surface area contributed by atoms with Crippen LogP contribution in [0.3, 0.4) is 0 Å². The highest BCUT2D eigenvalue weighted by molar-refractivity contribution is 9.11. The van der Waals surface area contributed by atoms with Crippen molar-refractivity contribution in [3.63, 3.8) is 0 Å². The first-order valence-corrected chi connectivity index (χ1v) is 8.04. The highest BCUT2D eigenvalue weighted by Crippen LogP contribution is 2.21. The summed E-state index contributed by atoms with van der Waals surface area (Å²) in [5, 5.41) is 0. The first kappa shape index (κ1) is 16.0. The highest BCUT2D eigenvalue weighted by Gasteiger charge is 2.12. The Balaban J connectivity index is 1.90. The SMILES string of the molecule is CN(CCOc1ccccc1)C(=O)c1cc(Br)cc(Br)c1. The molecule has 0 aliphatic rings. The Bertz CT molecular complexity index is 597. The van der Waals surface area contributed by atoms with Gasteiger partial charge in [-0.25, -0.2) is 0 Å². The fraction of sp³-hybridized carbons (Fsp3) is 0.188. The molecule has 0 fully saturated rings. The number of ether oxygens (including phenoxy) is 1. The van der Waals surface area contributed by atoms with E-state index in [2.05, 4.69) is 31.9 Å². The smallest absolute Gasteiger partial charge is 0.253 e. The summed E-state index contributed by atoms with van der Waals surface area (Å²) < 4.78 is 7.34. The molecule has 0 bridgehead atoms. The van der Waals surface area contributed by atoms with Gasteiger partial charge in [0.15, 0.2) is 0 Å². The Morgan fingerprint density at radius 1 is 1.10 bits per heavy atom. The Hall–Kier alpha value is -1.33. The lowest BCUT2D eigenvalue weighted by Crippen LogP contribution is -2.30. The van der Waals surface area contributed by atoms with E-state index in [-0.39, 0.29) is 5.91 Å². The van der Waals surface area contributed by atoms with Crippen molar-refractivity contribution < 1.29 is 9.53 Å². The summed E-state index contributed by atoms with van der Waals surface area (Å²) in [6.45, 7) is 0.985. The molecule has 0 aromatic heterocycles. The van der Waals surface area contributed by atoms with Crippen molar-refractivity contribution in [2.24, 2.45) is 0 Å². The van der Waals surface area contributed by atoms with Crippen LogP contribution in [0.2, 0.25) is 0 Å². The Morgan fingerprint density at radius 3 is 2.33 bits per heavy atom. The number of benzene rings is 2. The molecule has 0 unspecified atom stereocenters. The number of carbonyl (C=O) groups excluding carboxylic acids is 1. The molecule has 1 amide bonds. The van der Waals surface area contributed by atoms with Gasteiger partial charge in [-0.1, -0.05) is 50.1 Å². The minimum atomic E-state index is -0.0336. The molecular formula is C16H15Br2NO2. The molecule has 5 heteroatoms. The molecule has 0 saturated heterocycles. The van der Waals surface area contributed by atoms with E-state index in [0.717, 1.165) is 14.7 Å². The van der Waals surface area contributed by atoms with E-state index in [1.54, 1.807) is 11.9 Å². The fourth-order valence-corrected chi connectivity index (χ4v) is 3.11. The van der Waals surface area contributed by atoms with Crippen molar-refractivity contribution in [2.45, 2.75) is 0 Å². The van der Waals surface area contributed by atoms with Crippen molar-refractivity contribution in [2.75, 3.05) is 20.2 Å². The quantitative estimate of drug-likeness (QED) is 0.729. The molecule has 0 heterocycles. The normalized spacial score (nSPS) is 10.2. The zero-order chi connectivity index (χ0) is 15.2. The maximum absolute atomic E-state index is 12.3. The van der Waals surface area contributed by atoms with Gasteiger partial charge in [-0.15, -0.1) is 0 Å². The average Bonchev–Trinajstić information content (AvgIpc) is 2.46. The lowest BCUT2D eigenvalue weighted by atomic mass is 10.2. The lowest BCUT2D eigenvalue weighted by molar-refractivity contribution is 0.0773. The van der Waals surface area contributed by atoms with E-state index in [1.165, 1.54) is 0 Å². The number of hydrogen-bond donors (Lipinski definition) is 0. The standard InChI is InChI=1S/C16H15Br2NO2/c1-19(7-8-21-15-5-3-2-4-6-15)16(20)12-9-13(17)11-14(18)10-12/h2-6,9-11H,7-8H2,1H3. The largest absolute Gasteiger partial charge is 0.492 e. The van der Waals surface area contributed by atoms with E-state index in [1.807, 2.05) is 48.5 Å². The third kappa shape index (κ3) is 4.86. The Kier molecular flexibility index (Phi) is 5.82. The van der Waals surface area contributed by atoms with Crippen LogP contribution in [0.15, 0.2) is 57.5 Å². The lowest BCUT2D eigenvalue weighted by Gasteiger charge is -2.18. The molecule has 0 radical (unpaired) electrons. The number of para-hydroxylation sites is 1. The van der Waals surface area contributed by atoms with Crippen LogP contribution in [-0.4, -0.2) is 31.0 Å². The maximum Gasteiger partial charge on any atom is 0.253 e. The van der Waals surface area contributed by atoms with Gasteiger partial charge >= 0.3 is 0 Å². The van der Waals surface area contributed by atoms with Gasteiger partial charge in [0.2, 0.25) is 0 Å². The van der Waals surface area contributed by atoms with Gasteiger partial charge in [-0.3, -0.25) is 4.79 Å². The van der Waals surface area contributed by atoms with Crippen molar-refractivity contribution in [3.8, 4) is 5.75 Å². The second-order valence-electron chi connectivity index (χ2n) is 4.55. The Labute approximate surface area is 141 Å². The first-order valence-electron chi connectivity index (χ1n) is 6.45. The molecule has 110 valence electrons. The van der Waals surface area contributed by atoms with Crippen LogP contribution in [0.1, 0.15) is 10.4 Å². The predicted molar refractivity (Wildman–Crippen MR) is 90.7 cm³/mol. The number of likely N-dealkylation sites (N-methyl/N-ethyl adjacent to an activating group) is 1. The monoisotopic (exact) mass is 411 g/mol. The number of halogens is 2. The van der Waals surface area contributed by atoms with Gasteiger partial charge in [0, 0.05) is 21.6 Å². The van der Waals surface area contributed by atoms with E-state index in [0.29, 0.717) is 18.7 Å². The third-order valence-corrected chi connectivity index (χ3v) is 3.81. The minimum absolute atomic E-state index is 0.0336. The van der Waals surface area contributed by atoms with Crippen molar-refractivity contribution in [1.82, 2.24) is 4.90 Å². The van der Waals surface area contributed by atoms with Crippen LogP contribution < -0.4 is 4.74 Å². The molecular weight excluding hydrogens is 398 g/mol. The van der Waals surface area contributed by atoms with Crippen LogP contribution in [-0.2, 0) is 0 Å². The van der Waals surface area contributed by atoms with Crippen LogP contribution in [0.4, 0.5) is 0 Å². The summed E-state index contributed by atoms with van der Waals surface area (Å²) in [6, 6.07) is 15.1. The number of rotatable bonds is 5. The molecule has 0 aliphatic carbocycles. The summed E-state index contributed by atoms with van der Waals surface area (Å²) in [7, 11) is 1.77. The van der Waals surface area contributed by atoms with Gasteiger partial charge in [0.1, 0.15) is 12.4 Å². The molecule has 2 aromatic rings. The summed E-state index contributed by atoms with van der Waals surface area (Å²) in [6.07, 6.45) is 0. The summed E-state index contributed by atoms with van der Waals surface area (Å²) in [4.78, 5) is 14.0. The number of amides is 1. The summed E-state index contributed by atoms with van der Waals surface area (Å²) in [5.74, 6) is 0.775. The summed E-state index contributed by atoms with van der Waals surface area (Å²) in [5.41, 5.74) is 0.637. The van der Waals surface area contributed by atoms with Crippen LogP contribution >= 0.6 is 31.9 Å². The molecule has 0 spiro atoms. The number of nitrogens with zero attached hydrogens (tertiary/aromatic N) is 1. The van der Waals surface area contributed by atoms with Crippen molar-refractivity contribution >= 4 is 37.8 Å². The molecule has 21 heavy (non-hydrogen) atoms. The maximum atomic E-state index is 12.3. The van der Waals surface area contributed by atoms with E-state index in [4.69, 9.17) is 4.74 Å². The Morgan fingerprint density at radius 2 is 1.71 bits per heavy atom. The van der Waals surface area contributed by atoms with E-state index >= 15 is 0 Å². The van der Waals surface area contributed by atoms with E-state index < -0.39 is 0 Å². The third-order valence-electron chi connectivity index (χ3n) is 2.89. The van der Waals surface area contributed by atoms with Gasteiger partial charge in [-0.2, -0.15) is 0 Å². The second kappa shape index (κ2) is 7.61. The van der Waals surface area contributed by atoms with Crippen molar-refractivity contribution in [3.05, 3.63) is 63.0 Å². The topological polar surface area (TPSA) is 29.5 Å². The van der Waals surface area contributed by atoms with Gasteiger partial charge < -0.3 is 9.64 Å². The predicted octanol–water partition coefficient (Wildman–Crippen LogP) is 4.36. The zero-order valence-corrected chi connectivity index (χ0v) is 14.7. The molecule has 0 atom stereocenters. The number of hydrogen-bond acceptors (Lipinski definition) is 2. The highest BCUT2D eigenvalue weighted by atomic mass is 79.9. The van der Waals surface area contributed by atoms with Gasteiger partial charge in [0.25, 0.3) is 5.91 Å². The van der Waals surface area contributed by atoms with Gasteiger partial charge in [0.05, 0.1) is 6.54 Å². The molecule has 0 saturated carbocycles. The first-order chi connectivity index (χ1) is 10.1.